The van der Waals surface area contributed by atoms with Crippen molar-refractivity contribution in [3.8, 4) is 23.0 Å². The average Bonchev–Trinajstić information content (AvgIpc) is 1.59. The zero-order valence-electron chi connectivity index (χ0n) is 80.6. The number of aromatic amines is 4. The van der Waals surface area contributed by atoms with E-state index in [4.69, 9.17) is 93.0 Å². The molecule has 0 spiro atoms. The average molecular weight is 2170 g/mol. The Balaban J connectivity index is 0.000000165. The number of nitrogens with zero attached hydrogens (tertiary/aromatic N) is 4. The van der Waals surface area contributed by atoms with Crippen molar-refractivity contribution in [2.45, 2.75) is 228 Å². The highest BCUT2D eigenvalue weighted by atomic mass is 31.2. The highest BCUT2D eigenvalue weighted by Crippen LogP contribution is 2.56. The first-order valence-corrected chi connectivity index (χ1v) is 51.7. The Morgan fingerprint density at radius 3 is 0.676 bits per heavy atom. The number of H-pyrrole nitrogens is 4. The van der Waals surface area contributed by atoms with E-state index in [0.717, 1.165) is 18.3 Å². The van der Waals surface area contributed by atoms with Gasteiger partial charge in [0.15, 0.2) is 24.9 Å². The summed E-state index contributed by atoms with van der Waals surface area (Å²) in [5.41, 5.74) is -15.2. The molecule has 0 amide bonds. The molecule has 148 heavy (non-hydrogen) atoms. The predicted molar refractivity (Wildman–Crippen MR) is 497 cm³/mol. The Morgan fingerprint density at radius 2 is 0.507 bits per heavy atom. The number of halogens is 4. The molecule has 12 N–H and O–H groups in total. The maximum atomic E-state index is 13.8. The van der Waals surface area contributed by atoms with E-state index in [1.54, 1.807) is 128 Å². The first-order chi connectivity index (χ1) is 69.7. The van der Waals surface area contributed by atoms with Crippen LogP contribution < -0.4 is 83.4 Å². The normalized spacial score (nSPS) is 27.1. The molecule has 8 aliphatic heterocycles. The Kier molecular flexibility index (Phi) is 36.1. The minimum Gasteiger partial charge on any atom is -0.462 e. The van der Waals surface area contributed by atoms with E-state index in [1.165, 1.54) is 76.2 Å². The lowest BCUT2D eigenvalue weighted by molar-refractivity contribution is -0.185. The van der Waals surface area contributed by atoms with Gasteiger partial charge >= 0.3 is 77.6 Å². The standard InChI is InChI=1S/4C22H27FN3O10P/c4*1-12(2)34-20(29)13(3)25-37(31,36-14-7-5-4-6-8-14)33-11-22-10-32-16(17(22)27)19(35-22)26-9-15(23)18(28)24-21(26)30/h4*4-9,12-13,16-17,19,27H,10-11H2,1-3H3,(H,25,31)(H,24,28,30)/t13-,16+,17-,19+,22+,37?;13-,16-,17+,19-,22-,37?;13-,16-,17+,19-,22-,37+;13-,16-,17+,19-,22-,37-/m0111/s1. The van der Waals surface area contributed by atoms with Crippen molar-refractivity contribution in [3.63, 3.8) is 0 Å². The van der Waals surface area contributed by atoms with Crippen LogP contribution in [0.3, 0.4) is 0 Å². The molecule has 8 aliphatic rings. The first-order valence-electron chi connectivity index (χ1n) is 45.6. The van der Waals surface area contributed by atoms with E-state index in [9.17, 15) is 114 Å². The summed E-state index contributed by atoms with van der Waals surface area (Å²) >= 11 is 0. The van der Waals surface area contributed by atoms with Gasteiger partial charge in [0.2, 0.25) is 23.3 Å². The molecule has 0 saturated carbocycles. The number of hydrogen-bond donors (Lipinski definition) is 12. The quantitative estimate of drug-likeness (QED) is 0.0113. The van der Waals surface area contributed by atoms with Crippen molar-refractivity contribution < 1.29 is 168 Å². The zero-order valence-corrected chi connectivity index (χ0v) is 84.2. The molecule has 8 saturated heterocycles. The molecular weight excluding hydrogens is 2060 g/mol. The van der Waals surface area contributed by atoms with Crippen LogP contribution in [0.4, 0.5) is 17.6 Å². The Labute approximate surface area is 834 Å². The van der Waals surface area contributed by atoms with Gasteiger partial charge in [-0.15, -0.1) is 0 Å². The zero-order chi connectivity index (χ0) is 108. The fourth-order valence-electron chi connectivity index (χ4n) is 15.7. The summed E-state index contributed by atoms with van der Waals surface area (Å²) in [7, 11) is -17.2. The van der Waals surface area contributed by atoms with Crippen LogP contribution >= 0.6 is 31.0 Å². The van der Waals surface area contributed by atoms with E-state index in [-0.39, 0.29) is 49.4 Å². The number of benzene rings is 4. The van der Waals surface area contributed by atoms with Gasteiger partial charge in [0.05, 0.1) is 102 Å². The Morgan fingerprint density at radius 1 is 0.331 bits per heavy atom. The number of para-hydroxylation sites is 4. The molecule has 12 heterocycles. The van der Waals surface area contributed by atoms with Crippen molar-refractivity contribution in [2.75, 3.05) is 52.9 Å². The number of carbonyl (C=O) groups is 4. The van der Waals surface area contributed by atoms with Crippen LogP contribution in [0.25, 0.3) is 0 Å². The number of aliphatic hydroxyl groups is 4. The second-order valence-electron chi connectivity index (χ2n) is 35.8. The predicted octanol–water partition coefficient (Wildman–Crippen LogP) is 3.35. The van der Waals surface area contributed by atoms with Crippen LogP contribution in [0.15, 0.2) is 184 Å². The van der Waals surface area contributed by atoms with E-state index in [2.05, 4.69) is 20.3 Å². The van der Waals surface area contributed by atoms with Gasteiger partial charge in [0.25, 0.3) is 22.2 Å². The largest absolute Gasteiger partial charge is 0.462 e. The number of aliphatic hydroxyl groups excluding tert-OH is 4. The Bertz CT molecular complexity index is 6000. The number of rotatable bonds is 40. The molecule has 0 radical (unpaired) electrons. The first kappa shape index (κ1) is 114. The highest BCUT2D eigenvalue weighted by Gasteiger charge is 2.67. The number of esters is 4. The highest BCUT2D eigenvalue weighted by molar-refractivity contribution is 7.53. The molecule has 60 heteroatoms. The number of nitrogens with one attached hydrogen (secondary N) is 8. The van der Waals surface area contributed by atoms with Gasteiger partial charge in [-0.2, -0.15) is 37.9 Å². The van der Waals surface area contributed by atoms with E-state index in [1.807, 2.05) is 19.9 Å². The lowest BCUT2D eigenvalue weighted by Gasteiger charge is -2.32. The maximum Gasteiger partial charge on any atom is 0.459 e. The number of fused-ring (bicyclic) bond motifs is 8. The van der Waals surface area contributed by atoms with Gasteiger partial charge < -0.3 is 95.4 Å². The van der Waals surface area contributed by atoms with E-state index >= 15 is 0 Å². The lowest BCUT2D eigenvalue weighted by Crippen LogP contribution is -2.46. The molecular formula is C88H108F4N12O40P4. The smallest absolute Gasteiger partial charge is 0.459 e. The molecule has 16 rings (SSSR count). The summed E-state index contributed by atoms with van der Waals surface area (Å²) in [6, 6.07) is 27.7. The number of aromatic nitrogens is 8. The van der Waals surface area contributed by atoms with Gasteiger partial charge in [-0.1, -0.05) is 72.8 Å². The third kappa shape index (κ3) is 26.6. The second-order valence-corrected chi connectivity index (χ2v) is 42.6. The van der Waals surface area contributed by atoms with Crippen LogP contribution in [-0.2, 0) is 112 Å². The van der Waals surface area contributed by atoms with Gasteiger partial charge in [0, 0.05) is 0 Å². The lowest BCUT2D eigenvalue weighted by atomic mass is 10.0. The third-order valence-corrected chi connectivity index (χ3v) is 29.3. The summed E-state index contributed by atoms with van der Waals surface area (Å²) in [6.45, 7) is 15.8. The molecule has 2 unspecified atom stereocenters. The van der Waals surface area contributed by atoms with Crippen molar-refractivity contribution in [3.05, 3.63) is 253 Å². The van der Waals surface area contributed by atoms with Crippen LogP contribution in [-0.4, -0.2) is 255 Å². The van der Waals surface area contributed by atoms with Crippen molar-refractivity contribution in [1.29, 1.82) is 0 Å². The van der Waals surface area contributed by atoms with Crippen molar-refractivity contribution >= 4 is 54.9 Å². The molecule has 808 valence electrons. The van der Waals surface area contributed by atoms with Crippen LogP contribution in [0.2, 0.25) is 0 Å². The Hall–Kier alpha value is -11.5. The minimum atomic E-state index is -4.30. The SMILES string of the molecule is CC(C)OC(=O)[C@@H](C)NP(=O)(OC[C@@]12CO[C@@H]([C@H](n3cc(F)c(=O)[nH]c3=O)O1)[C@@H]2O)Oc1ccccc1.CC(C)OC(=O)[C@@H](C)N[P@@](=O)(OC[C@@]12CO[C@@H]([C@H](n3cc(F)c(=O)[nH]c3=O)O1)[C@@H]2O)Oc1ccccc1.CC(C)OC(=O)[C@@H](C)N[P@](=O)(OC[C@@]12CO[C@@H]([C@H](n3cc(F)c(=O)[nH]c3=O)O1)[C@@H]2O)Oc1ccccc1.CC(C)OC(=O)[C@H](C)NP(=O)(OC[C@@]12CO[C@@H]([C@H](n3cc(F)c(=O)[nH]c3=O)O1)[C@@H]2O)Oc1ccccc1. The summed E-state index contributed by atoms with van der Waals surface area (Å²) in [6.07, 6.45) is -14.3. The fraction of sp³-hybridized carbons (Fsp3) is 0.500. The molecule has 4 aromatic carbocycles. The molecule has 8 bridgehead atoms. The topological polar surface area (TPSA) is 670 Å². The van der Waals surface area contributed by atoms with Crippen LogP contribution in [0, 0.1) is 23.3 Å². The maximum absolute atomic E-state index is 13.8. The second kappa shape index (κ2) is 47.0. The molecule has 52 nitrogen and oxygen atoms in total. The van der Waals surface area contributed by atoms with E-state index in [0.29, 0.717) is 24.8 Å². The molecule has 8 aromatic rings. The number of ether oxygens (including phenoxy) is 12. The summed E-state index contributed by atoms with van der Waals surface area (Å²) in [4.78, 5) is 151. The molecule has 0 aliphatic carbocycles. The van der Waals surface area contributed by atoms with Gasteiger partial charge in [-0.05, 0) is 132 Å². The van der Waals surface area contributed by atoms with Gasteiger partial charge in [-0.3, -0.25) is 94.7 Å². The van der Waals surface area contributed by atoms with Gasteiger partial charge in [0.1, 0.15) is 118 Å². The summed E-state index contributed by atoms with van der Waals surface area (Å²) < 4.78 is 224. The monoisotopic (exact) mass is 2170 g/mol. The van der Waals surface area contributed by atoms with Gasteiger partial charge in [-0.25, -0.2) is 37.4 Å². The number of hydrogen-bond acceptors (Lipinski definition) is 40. The molecule has 4 aromatic heterocycles. The third-order valence-electron chi connectivity index (χ3n) is 22.8. The number of carbonyl (C=O) groups excluding carboxylic acids is 4. The van der Waals surface area contributed by atoms with Crippen molar-refractivity contribution in [1.82, 2.24) is 58.6 Å². The molecule has 8 fully saturated rings. The summed E-state index contributed by atoms with van der Waals surface area (Å²) in [5.74, 6) is -7.08. The van der Waals surface area contributed by atoms with E-state index < -0.39 is 294 Å². The minimum absolute atomic E-state index is 0.168. The van der Waals surface area contributed by atoms with Crippen LogP contribution in [0.1, 0.15) is 108 Å². The fourth-order valence-corrected chi connectivity index (χ4v) is 21.9. The van der Waals surface area contributed by atoms with Crippen LogP contribution in [0.5, 0.6) is 23.0 Å². The van der Waals surface area contributed by atoms with Crippen molar-refractivity contribution in [2.24, 2.45) is 0 Å². The summed E-state index contributed by atoms with van der Waals surface area (Å²) in [5, 5.41) is 53.5. The molecule has 24 atom stereocenters.